The van der Waals surface area contributed by atoms with Crippen LogP contribution in [0.1, 0.15) is 49.4 Å². The Morgan fingerprint density at radius 2 is 1.75 bits per heavy atom. The molecule has 6 nitrogen and oxygen atoms in total. The van der Waals surface area contributed by atoms with E-state index in [1.165, 1.54) is 13.3 Å². The minimum Gasteiger partial charge on any atom is -0.354 e. The first-order valence-electron chi connectivity index (χ1n) is 8.50. The molecule has 1 aromatic carbocycles. The molecule has 0 aromatic heterocycles. The molecular weight excluding hydrogens is 306 g/mol. The Morgan fingerprint density at radius 3 is 2.46 bits per heavy atom. The maximum Gasteiger partial charge on any atom is 0.251 e. The molecule has 0 spiro atoms. The Balaban J connectivity index is 1.73. The number of hydrogen-bond acceptors (Lipinski definition) is 3. The van der Waals surface area contributed by atoms with E-state index < -0.39 is 0 Å². The predicted molar refractivity (Wildman–Crippen MR) is 92.7 cm³/mol. The van der Waals surface area contributed by atoms with Crippen molar-refractivity contribution in [2.45, 2.75) is 39.0 Å². The van der Waals surface area contributed by atoms with Gasteiger partial charge in [-0.15, -0.1) is 0 Å². The van der Waals surface area contributed by atoms with Crippen LogP contribution in [0.2, 0.25) is 0 Å². The summed E-state index contributed by atoms with van der Waals surface area (Å²) in [7, 11) is 0. The summed E-state index contributed by atoms with van der Waals surface area (Å²) in [5.41, 5.74) is 1.06. The molecule has 0 saturated heterocycles. The molecule has 0 heterocycles. The smallest absolute Gasteiger partial charge is 0.251 e. The van der Waals surface area contributed by atoms with Crippen molar-refractivity contribution in [3.8, 4) is 0 Å². The van der Waals surface area contributed by atoms with Gasteiger partial charge in [-0.25, -0.2) is 0 Å². The van der Waals surface area contributed by atoms with E-state index in [0.717, 1.165) is 25.7 Å². The van der Waals surface area contributed by atoms with Gasteiger partial charge in [-0.3, -0.25) is 14.4 Å². The lowest BCUT2D eigenvalue weighted by atomic mass is 9.89. The van der Waals surface area contributed by atoms with Gasteiger partial charge in [-0.05, 0) is 31.0 Å². The minimum absolute atomic E-state index is 0.0941. The van der Waals surface area contributed by atoms with Crippen LogP contribution in [0.3, 0.4) is 0 Å². The molecule has 1 aliphatic rings. The van der Waals surface area contributed by atoms with Crippen LogP contribution >= 0.6 is 0 Å². The van der Waals surface area contributed by atoms with Crippen LogP contribution in [0.5, 0.6) is 0 Å². The van der Waals surface area contributed by atoms with Gasteiger partial charge < -0.3 is 16.0 Å². The molecule has 0 atom stereocenters. The normalized spacial score (nSPS) is 14.7. The molecule has 0 radical (unpaired) electrons. The van der Waals surface area contributed by atoms with Crippen molar-refractivity contribution in [1.82, 2.24) is 10.6 Å². The van der Waals surface area contributed by atoms with E-state index in [0.29, 0.717) is 24.3 Å². The fourth-order valence-corrected chi connectivity index (χ4v) is 2.91. The van der Waals surface area contributed by atoms with Crippen molar-refractivity contribution in [3.05, 3.63) is 29.8 Å². The largest absolute Gasteiger partial charge is 0.354 e. The summed E-state index contributed by atoms with van der Waals surface area (Å²) in [6.45, 7) is 2.22. The van der Waals surface area contributed by atoms with Crippen LogP contribution in [0.4, 0.5) is 5.69 Å². The van der Waals surface area contributed by atoms with E-state index in [1.807, 2.05) is 0 Å². The Morgan fingerprint density at radius 1 is 1.04 bits per heavy atom. The Bertz CT molecular complexity index is 595. The van der Waals surface area contributed by atoms with Gasteiger partial charge in [-0.1, -0.05) is 25.3 Å². The zero-order valence-corrected chi connectivity index (χ0v) is 14.1. The van der Waals surface area contributed by atoms with Crippen LogP contribution in [0.15, 0.2) is 24.3 Å². The highest BCUT2D eigenvalue weighted by Gasteiger charge is 2.20. The van der Waals surface area contributed by atoms with Crippen LogP contribution in [-0.4, -0.2) is 30.8 Å². The highest BCUT2D eigenvalue weighted by atomic mass is 16.2. The minimum atomic E-state index is -0.228. The van der Waals surface area contributed by atoms with Gasteiger partial charge in [0.05, 0.1) is 0 Å². The number of nitrogens with one attached hydrogen (secondary N) is 3. The summed E-state index contributed by atoms with van der Waals surface area (Å²) in [6, 6.07) is 6.74. The molecule has 1 aliphatic carbocycles. The summed E-state index contributed by atoms with van der Waals surface area (Å²) in [5, 5.41) is 8.30. The molecule has 0 aliphatic heterocycles. The lowest BCUT2D eigenvalue weighted by molar-refractivity contribution is -0.125. The second kappa shape index (κ2) is 9.05. The Labute approximate surface area is 142 Å². The third-order valence-electron chi connectivity index (χ3n) is 4.13. The van der Waals surface area contributed by atoms with Gasteiger partial charge in [0.2, 0.25) is 11.8 Å². The Kier molecular flexibility index (Phi) is 6.78. The second-order valence-corrected chi connectivity index (χ2v) is 6.14. The molecule has 2 rings (SSSR count). The summed E-state index contributed by atoms with van der Waals surface area (Å²) in [4.78, 5) is 35.1. The fraction of sp³-hybridized carbons (Fsp3) is 0.500. The van der Waals surface area contributed by atoms with Gasteiger partial charge in [-0.2, -0.15) is 0 Å². The first-order valence-corrected chi connectivity index (χ1v) is 8.50. The van der Waals surface area contributed by atoms with E-state index in [1.54, 1.807) is 24.3 Å². The molecule has 24 heavy (non-hydrogen) atoms. The lowest BCUT2D eigenvalue weighted by Crippen LogP contribution is -2.38. The number of hydrogen-bond donors (Lipinski definition) is 3. The number of carbonyl (C=O) groups excluding carboxylic acids is 3. The van der Waals surface area contributed by atoms with E-state index in [2.05, 4.69) is 16.0 Å². The molecule has 0 bridgehead atoms. The summed E-state index contributed by atoms with van der Waals surface area (Å²) < 4.78 is 0. The summed E-state index contributed by atoms with van der Waals surface area (Å²) >= 11 is 0. The third kappa shape index (κ3) is 5.68. The molecule has 3 N–H and O–H groups in total. The number of benzene rings is 1. The van der Waals surface area contributed by atoms with Gasteiger partial charge in [0.15, 0.2) is 0 Å². The molecule has 130 valence electrons. The number of amides is 3. The molecule has 6 heteroatoms. The van der Waals surface area contributed by atoms with Gasteiger partial charge in [0, 0.05) is 37.2 Å². The van der Waals surface area contributed by atoms with Crippen molar-refractivity contribution in [3.63, 3.8) is 0 Å². The molecular formula is C18H25N3O3. The van der Waals surface area contributed by atoms with Crippen LogP contribution in [0.25, 0.3) is 0 Å². The number of anilines is 1. The van der Waals surface area contributed by atoms with E-state index in [9.17, 15) is 14.4 Å². The lowest BCUT2D eigenvalue weighted by Gasteiger charge is -2.20. The van der Waals surface area contributed by atoms with E-state index in [4.69, 9.17) is 0 Å². The quantitative estimate of drug-likeness (QED) is 0.697. The van der Waals surface area contributed by atoms with Crippen molar-refractivity contribution in [2.75, 3.05) is 18.4 Å². The van der Waals surface area contributed by atoms with Crippen molar-refractivity contribution < 1.29 is 14.4 Å². The average Bonchev–Trinajstić information content (AvgIpc) is 2.58. The zero-order valence-electron chi connectivity index (χ0n) is 14.1. The van der Waals surface area contributed by atoms with Crippen molar-refractivity contribution in [1.29, 1.82) is 0 Å². The first kappa shape index (κ1) is 18.0. The van der Waals surface area contributed by atoms with Gasteiger partial charge in [0.25, 0.3) is 5.91 Å². The number of rotatable bonds is 6. The van der Waals surface area contributed by atoms with E-state index in [-0.39, 0.29) is 23.6 Å². The summed E-state index contributed by atoms with van der Waals surface area (Å²) in [5.74, 6) is -0.188. The fourth-order valence-electron chi connectivity index (χ4n) is 2.91. The standard InChI is InChI=1S/C18H25N3O3/c1-13(22)21-16-9-5-8-15(12-16)18(24)20-11-10-19-17(23)14-6-3-2-4-7-14/h5,8-9,12,14H,2-4,6-7,10-11H2,1H3,(H,19,23)(H,20,24)(H,21,22). The predicted octanol–water partition coefficient (Wildman–Crippen LogP) is 2.07. The molecule has 1 saturated carbocycles. The first-order chi connectivity index (χ1) is 11.6. The number of carbonyl (C=O) groups is 3. The SMILES string of the molecule is CC(=O)Nc1cccc(C(=O)NCCNC(=O)C2CCCCC2)c1. The second-order valence-electron chi connectivity index (χ2n) is 6.14. The summed E-state index contributed by atoms with van der Waals surface area (Å²) in [6.07, 6.45) is 5.40. The van der Waals surface area contributed by atoms with Crippen LogP contribution in [0, 0.1) is 5.92 Å². The molecule has 1 fully saturated rings. The van der Waals surface area contributed by atoms with E-state index >= 15 is 0 Å². The molecule has 1 aromatic rings. The highest BCUT2D eigenvalue weighted by molar-refractivity contribution is 5.96. The van der Waals surface area contributed by atoms with Crippen LogP contribution in [-0.2, 0) is 9.59 Å². The monoisotopic (exact) mass is 331 g/mol. The average molecular weight is 331 g/mol. The van der Waals surface area contributed by atoms with Gasteiger partial charge in [0.1, 0.15) is 0 Å². The topological polar surface area (TPSA) is 87.3 Å². The zero-order chi connectivity index (χ0) is 17.4. The third-order valence-corrected chi connectivity index (χ3v) is 4.13. The van der Waals surface area contributed by atoms with Gasteiger partial charge >= 0.3 is 0 Å². The molecule has 0 unspecified atom stereocenters. The van der Waals surface area contributed by atoms with Crippen molar-refractivity contribution in [2.24, 2.45) is 5.92 Å². The highest BCUT2D eigenvalue weighted by Crippen LogP contribution is 2.23. The maximum atomic E-state index is 12.1. The maximum absolute atomic E-state index is 12.1. The molecule has 3 amide bonds. The van der Waals surface area contributed by atoms with Crippen molar-refractivity contribution >= 4 is 23.4 Å². The Hall–Kier alpha value is -2.37. The van der Waals surface area contributed by atoms with Crippen LogP contribution < -0.4 is 16.0 Å².